The Balaban J connectivity index is 1.53. The molecule has 29 heavy (non-hydrogen) atoms. The van der Waals surface area contributed by atoms with Gasteiger partial charge in [-0.2, -0.15) is 4.39 Å². The van der Waals surface area contributed by atoms with Gasteiger partial charge in [-0.1, -0.05) is 52.5 Å². The van der Waals surface area contributed by atoms with E-state index < -0.39 is 11.6 Å². The van der Waals surface area contributed by atoms with E-state index in [-0.39, 0.29) is 11.7 Å². The molecule has 2 fully saturated rings. The molecule has 0 spiro atoms. The van der Waals surface area contributed by atoms with Gasteiger partial charge in [-0.3, -0.25) is 0 Å². The second-order valence-corrected chi connectivity index (χ2v) is 9.67. The van der Waals surface area contributed by atoms with E-state index in [9.17, 15) is 8.78 Å². The summed E-state index contributed by atoms with van der Waals surface area (Å²) in [4.78, 5) is 0. The molecule has 3 heteroatoms. The molecule has 0 heterocycles. The summed E-state index contributed by atoms with van der Waals surface area (Å²) < 4.78 is 34.4. The average Bonchev–Trinajstić information content (AvgIpc) is 2.75. The third kappa shape index (κ3) is 5.52. The topological polar surface area (TPSA) is 9.23 Å². The number of halogens is 2. The van der Waals surface area contributed by atoms with Gasteiger partial charge >= 0.3 is 0 Å². The molecule has 1 aromatic carbocycles. The Morgan fingerprint density at radius 2 is 1.48 bits per heavy atom. The Bertz CT molecular complexity index is 628. The lowest BCUT2D eigenvalue weighted by Gasteiger charge is -2.39. The van der Waals surface area contributed by atoms with E-state index >= 15 is 0 Å². The molecule has 2 aliphatic carbocycles. The van der Waals surface area contributed by atoms with E-state index in [2.05, 4.69) is 13.8 Å². The highest BCUT2D eigenvalue weighted by Crippen LogP contribution is 2.45. The standard InChI is InChI=1S/C26H40F2O/c1-4-6-19-7-9-20(10-8-19)18(3)21-11-13-22(14-12-21)23-15-16-24(29-17-5-2)26(28)25(23)27/h15-16,18-22H,4-14,17H2,1-3H3/t18?,19?,20?,21-,22-. The molecule has 0 saturated heterocycles. The third-order valence-electron chi connectivity index (χ3n) is 7.83. The van der Waals surface area contributed by atoms with Crippen LogP contribution in [0.3, 0.4) is 0 Å². The zero-order valence-electron chi connectivity index (χ0n) is 18.7. The summed E-state index contributed by atoms with van der Waals surface area (Å²) in [5, 5.41) is 0. The molecule has 1 unspecified atom stereocenters. The average molecular weight is 407 g/mol. The van der Waals surface area contributed by atoms with E-state index in [4.69, 9.17) is 4.74 Å². The molecule has 1 aromatic rings. The third-order valence-corrected chi connectivity index (χ3v) is 7.83. The van der Waals surface area contributed by atoms with Crippen molar-refractivity contribution in [2.45, 2.75) is 97.3 Å². The summed E-state index contributed by atoms with van der Waals surface area (Å²) in [5.74, 6) is 2.04. The maximum absolute atomic E-state index is 14.7. The van der Waals surface area contributed by atoms with Gasteiger partial charge in [-0.05, 0) is 86.2 Å². The number of benzene rings is 1. The van der Waals surface area contributed by atoms with Crippen molar-refractivity contribution in [3.05, 3.63) is 29.3 Å². The largest absolute Gasteiger partial charge is 0.490 e. The number of rotatable bonds is 8. The van der Waals surface area contributed by atoms with Crippen LogP contribution < -0.4 is 4.74 Å². The van der Waals surface area contributed by atoms with E-state index in [1.54, 1.807) is 12.1 Å². The second kappa shape index (κ2) is 10.8. The molecule has 2 saturated carbocycles. The number of hydrogen-bond acceptors (Lipinski definition) is 1. The summed E-state index contributed by atoms with van der Waals surface area (Å²) in [5.41, 5.74) is 0.553. The first-order chi connectivity index (χ1) is 14.0. The van der Waals surface area contributed by atoms with Crippen LogP contribution in [0.25, 0.3) is 0 Å². The van der Waals surface area contributed by atoms with Crippen molar-refractivity contribution in [1.82, 2.24) is 0 Å². The molecule has 3 rings (SSSR count). The van der Waals surface area contributed by atoms with Crippen molar-refractivity contribution >= 4 is 0 Å². The first-order valence-electron chi connectivity index (χ1n) is 12.2. The molecule has 0 amide bonds. The van der Waals surface area contributed by atoms with Gasteiger partial charge in [0, 0.05) is 0 Å². The zero-order chi connectivity index (χ0) is 20.8. The Morgan fingerprint density at radius 3 is 2.07 bits per heavy atom. The smallest absolute Gasteiger partial charge is 0.200 e. The highest BCUT2D eigenvalue weighted by atomic mass is 19.2. The molecule has 0 radical (unpaired) electrons. The zero-order valence-corrected chi connectivity index (χ0v) is 18.7. The first kappa shape index (κ1) is 22.6. The van der Waals surface area contributed by atoms with Gasteiger partial charge in [-0.25, -0.2) is 4.39 Å². The van der Waals surface area contributed by atoms with E-state index in [1.807, 2.05) is 6.92 Å². The minimum absolute atomic E-state index is 0.0501. The van der Waals surface area contributed by atoms with Crippen LogP contribution in [0.4, 0.5) is 8.78 Å². The predicted octanol–water partition coefficient (Wildman–Crippen LogP) is 8.27. The Hall–Kier alpha value is -1.12. The second-order valence-electron chi connectivity index (χ2n) is 9.67. The molecule has 2 aliphatic rings. The van der Waals surface area contributed by atoms with Crippen molar-refractivity contribution in [3.8, 4) is 5.75 Å². The van der Waals surface area contributed by atoms with Crippen LogP contribution in [-0.4, -0.2) is 6.61 Å². The molecule has 0 N–H and O–H groups in total. The van der Waals surface area contributed by atoms with Crippen molar-refractivity contribution in [2.75, 3.05) is 6.61 Å². The monoisotopic (exact) mass is 406 g/mol. The Kier molecular flexibility index (Phi) is 8.38. The van der Waals surface area contributed by atoms with Crippen molar-refractivity contribution in [3.63, 3.8) is 0 Å². The minimum atomic E-state index is -0.810. The van der Waals surface area contributed by atoms with Crippen LogP contribution in [-0.2, 0) is 0 Å². The highest BCUT2D eigenvalue weighted by molar-refractivity contribution is 5.33. The lowest BCUT2D eigenvalue weighted by molar-refractivity contribution is 0.131. The van der Waals surface area contributed by atoms with Gasteiger partial charge in [0.1, 0.15) is 0 Å². The summed E-state index contributed by atoms with van der Waals surface area (Å²) in [6.45, 7) is 7.13. The molecule has 1 atom stereocenters. The first-order valence-corrected chi connectivity index (χ1v) is 12.2. The van der Waals surface area contributed by atoms with Crippen molar-refractivity contribution in [2.24, 2.45) is 23.7 Å². The summed E-state index contributed by atoms with van der Waals surface area (Å²) >= 11 is 0. The van der Waals surface area contributed by atoms with Crippen molar-refractivity contribution in [1.29, 1.82) is 0 Å². The number of ether oxygens (including phenoxy) is 1. The summed E-state index contributed by atoms with van der Waals surface area (Å²) in [6.07, 6.45) is 13.4. The van der Waals surface area contributed by atoms with Crippen LogP contribution in [0, 0.1) is 35.3 Å². The SMILES string of the molecule is CCCOc1ccc([C@H]2CC[C@H](C(C)C3CCC(CCC)CC3)CC2)c(F)c1F. The Labute approximate surface area is 176 Å². The van der Waals surface area contributed by atoms with Gasteiger partial charge in [-0.15, -0.1) is 0 Å². The highest BCUT2D eigenvalue weighted by Gasteiger charge is 2.33. The fourth-order valence-electron chi connectivity index (χ4n) is 5.94. The molecule has 164 valence electrons. The molecule has 0 aliphatic heterocycles. The molecule has 0 bridgehead atoms. The minimum Gasteiger partial charge on any atom is -0.490 e. The van der Waals surface area contributed by atoms with Gasteiger partial charge in [0.15, 0.2) is 11.6 Å². The van der Waals surface area contributed by atoms with Crippen LogP contribution in [0.2, 0.25) is 0 Å². The van der Waals surface area contributed by atoms with Gasteiger partial charge in [0.25, 0.3) is 0 Å². The van der Waals surface area contributed by atoms with Crippen LogP contribution in [0.15, 0.2) is 12.1 Å². The maximum atomic E-state index is 14.7. The normalized spacial score (nSPS) is 28.9. The van der Waals surface area contributed by atoms with Crippen LogP contribution >= 0.6 is 0 Å². The molecule has 0 aromatic heterocycles. The van der Waals surface area contributed by atoms with Crippen LogP contribution in [0.1, 0.15) is 103 Å². The predicted molar refractivity (Wildman–Crippen MR) is 116 cm³/mol. The van der Waals surface area contributed by atoms with Crippen LogP contribution in [0.5, 0.6) is 5.75 Å². The van der Waals surface area contributed by atoms with E-state index in [0.29, 0.717) is 12.2 Å². The lowest BCUT2D eigenvalue weighted by atomic mass is 9.66. The van der Waals surface area contributed by atoms with Gasteiger partial charge < -0.3 is 4.74 Å². The van der Waals surface area contributed by atoms with Gasteiger partial charge in [0.05, 0.1) is 6.61 Å². The number of hydrogen-bond donors (Lipinski definition) is 0. The van der Waals surface area contributed by atoms with Crippen molar-refractivity contribution < 1.29 is 13.5 Å². The van der Waals surface area contributed by atoms with Gasteiger partial charge in [0.2, 0.25) is 5.82 Å². The molecular formula is C26H40F2O. The lowest BCUT2D eigenvalue weighted by Crippen LogP contribution is -2.28. The maximum Gasteiger partial charge on any atom is 0.200 e. The van der Waals surface area contributed by atoms with E-state index in [0.717, 1.165) is 55.8 Å². The molecular weight excluding hydrogens is 366 g/mol. The fourth-order valence-corrected chi connectivity index (χ4v) is 5.94. The summed E-state index contributed by atoms with van der Waals surface area (Å²) in [7, 11) is 0. The summed E-state index contributed by atoms with van der Waals surface area (Å²) in [6, 6.07) is 3.37. The quantitative estimate of drug-likeness (QED) is 0.422. The van der Waals surface area contributed by atoms with E-state index in [1.165, 1.54) is 38.5 Å². The fraction of sp³-hybridized carbons (Fsp3) is 0.769. The molecule has 1 nitrogen and oxygen atoms in total. The Morgan fingerprint density at radius 1 is 0.862 bits per heavy atom.